The van der Waals surface area contributed by atoms with Crippen molar-refractivity contribution in [1.29, 1.82) is 0 Å². The van der Waals surface area contributed by atoms with Crippen molar-refractivity contribution < 1.29 is 24.0 Å². The fraction of sp³-hybridized carbons (Fsp3) is 0.158. The molecule has 0 heterocycles. The molecule has 21 heavy (non-hydrogen) atoms. The van der Waals surface area contributed by atoms with E-state index in [4.69, 9.17) is 0 Å². The molecule has 0 unspecified atom stereocenters. The highest BCUT2D eigenvalue weighted by molar-refractivity contribution is 5.97. The summed E-state index contributed by atoms with van der Waals surface area (Å²) in [7, 11) is 6.55. The number of halogens is 1. The molecule has 0 amide bonds. The van der Waals surface area contributed by atoms with Gasteiger partial charge in [-0.3, -0.25) is 4.48 Å². The number of nitrogens with zero attached hydrogens (tertiary/aromatic N) is 1. The number of benzene rings is 2. The molecule has 0 spiro atoms. The van der Waals surface area contributed by atoms with E-state index in [0.29, 0.717) is 0 Å². The minimum absolute atomic E-state index is 0. The van der Waals surface area contributed by atoms with Gasteiger partial charge in [0.15, 0.2) is 0 Å². The maximum atomic E-state index is 2.25. The predicted octanol–water partition coefficient (Wildman–Crippen LogP) is 1.45. The molecule has 0 saturated carbocycles. The summed E-state index contributed by atoms with van der Waals surface area (Å²) in [5, 5.41) is 0. The molecule has 108 valence electrons. The quantitative estimate of drug-likeness (QED) is 0.539. The standard InChI is InChI=1S/C19H20N.HI/c1-20(2,3)18-12-8-15(9-13-18)14-17-11-10-16-6-4-5-7-19(16)17;/h4-14H,1-3H3;1H/q+1;/p-1/b17-14+;. The average molecular weight is 389 g/mol. The fourth-order valence-electron chi connectivity index (χ4n) is 2.50. The van der Waals surface area contributed by atoms with Crippen molar-refractivity contribution >= 4 is 23.4 Å². The Morgan fingerprint density at radius 1 is 0.810 bits per heavy atom. The largest absolute Gasteiger partial charge is 1.00 e. The summed E-state index contributed by atoms with van der Waals surface area (Å²) < 4.78 is 0.847. The smallest absolute Gasteiger partial charge is 0.132 e. The highest BCUT2D eigenvalue weighted by Gasteiger charge is 2.12. The molecular weight excluding hydrogens is 369 g/mol. The Labute approximate surface area is 144 Å². The SMILES string of the molecule is C[N+](C)(C)c1ccc(/C=C2\C=Cc3ccccc32)cc1.[I-]. The first-order valence-electron chi connectivity index (χ1n) is 6.95. The van der Waals surface area contributed by atoms with Gasteiger partial charge in [0, 0.05) is 0 Å². The Bertz CT molecular complexity index is 688. The van der Waals surface area contributed by atoms with Crippen LogP contribution in [0, 0.1) is 0 Å². The van der Waals surface area contributed by atoms with Crippen LogP contribution in [-0.4, -0.2) is 21.1 Å². The van der Waals surface area contributed by atoms with Gasteiger partial charge in [-0.05, 0) is 52.6 Å². The van der Waals surface area contributed by atoms with Gasteiger partial charge in [-0.2, -0.15) is 0 Å². The van der Waals surface area contributed by atoms with Gasteiger partial charge in [-0.1, -0.05) is 36.4 Å². The molecule has 1 aliphatic carbocycles. The highest BCUT2D eigenvalue weighted by Crippen LogP contribution is 2.30. The van der Waals surface area contributed by atoms with E-state index < -0.39 is 0 Å². The summed E-state index contributed by atoms with van der Waals surface area (Å²) in [6.45, 7) is 0. The molecule has 0 N–H and O–H groups in total. The van der Waals surface area contributed by atoms with E-state index in [9.17, 15) is 0 Å². The van der Waals surface area contributed by atoms with Crippen LogP contribution < -0.4 is 28.5 Å². The molecule has 0 atom stereocenters. The fourth-order valence-corrected chi connectivity index (χ4v) is 2.50. The Balaban J connectivity index is 0.00000161. The molecule has 0 aliphatic heterocycles. The first-order chi connectivity index (χ1) is 9.54. The second-order valence-corrected chi connectivity index (χ2v) is 6.12. The van der Waals surface area contributed by atoms with Crippen LogP contribution in [-0.2, 0) is 0 Å². The topological polar surface area (TPSA) is 0 Å². The molecule has 3 rings (SSSR count). The third-order valence-corrected chi connectivity index (χ3v) is 3.70. The third-order valence-electron chi connectivity index (χ3n) is 3.70. The van der Waals surface area contributed by atoms with Crippen molar-refractivity contribution in [2.45, 2.75) is 0 Å². The van der Waals surface area contributed by atoms with E-state index >= 15 is 0 Å². The maximum absolute atomic E-state index is 2.25. The van der Waals surface area contributed by atoms with Crippen molar-refractivity contribution in [3.8, 4) is 0 Å². The molecule has 0 saturated heterocycles. The maximum Gasteiger partial charge on any atom is 0.132 e. The van der Waals surface area contributed by atoms with Crippen molar-refractivity contribution in [3.63, 3.8) is 0 Å². The zero-order valence-electron chi connectivity index (χ0n) is 12.7. The summed E-state index contributed by atoms with van der Waals surface area (Å²) in [6.07, 6.45) is 6.63. The summed E-state index contributed by atoms with van der Waals surface area (Å²) >= 11 is 0. The lowest BCUT2D eigenvalue weighted by atomic mass is 10.0. The van der Waals surface area contributed by atoms with E-state index in [1.54, 1.807) is 0 Å². The van der Waals surface area contributed by atoms with Crippen LogP contribution in [0.25, 0.3) is 17.7 Å². The number of fused-ring (bicyclic) bond motifs is 1. The average Bonchev–Trinajstić information content (AvgIpc) is 2.82. The second-order valence-electron chi connectivity index (χ2n) is 6.12. The van der Waals surface area contributed by atoms with Gasteiger partial charge in [0.1, 0.15) is 5.69 Å². The van der Waals surface area contributed by atoms with Crippen LogP contribution in [0.5, 0.6) is 0 Å². The Morgan fingerprint density at radius 3 is 2.14 bits per heavy atom. The number of rotatable bonds is 2. The predicted molar refractivity (Wildman–Crippen MR) is 89.4 cm³/mol. The number of hydrogen-bond acceptors (Lipinski definition) is 0. The molecule has 2 aromatic carbocycles. The van der Waals surface area contributed by atoms with E-state index in [0.717, 1.165) is 4.48 Å². The molecule has 1 nitrogen and oxygen atoms in total. The lowest BCUT2D eigenvalue weighted by Gasteiger charge is -2.23. The van der Waals surface area contributed by atoms with Crippen LogP contribution in [0.1, 0.15) is 16.7 Å². The number of allylic oxidation sites excluding steroid dienone is 2. The van der Waals surface area contributed by atoms with Gasteiger partial charge in [-0.25, -0.2) is 0 Å². The molecule has 0 radical (unpaired) electrons. The summed E-state index contributed by atoms with van der Waals surface area (Å²) in [5.41, 5.74) is 6.48. The summed E-state index contributed by atoms with van der Waals surface area (Å²) in [4.78, 5) is 0. The van der Waals surface area contributed by atoms with Crippen molar-refractivity contribution in [2.24, 2.45) is 0 Å². The van der Waals surface area contributed by atoms with Crippen molar-refractivity contribution in [2.75, 3.05) is 21.1 Å². The zero-order chi connectivity index (χ0) is 14.2. The minimum Gasteiger partial charge on any atom is -1.00 e. The first kappa shape index (κ1) is 16.0. The molecule has 0 aromatic heterocycles. The van der Waals surface area contributed by atoms with Gasteiger partial charge >= 0.3 is 0 Å². The van der Waals surface area contributed by atoms with E-state index in [-0.39, 0.29) is 24.0 Å². The summed E-state index contributed by atoms with van der Waals surface area (Å²) in [5.74, 6) is 0. The lowest BCUT2D eigenvalue weighted by Crippen LogP contribution is -3.00. The normalized spacial score (nSPS) is 14.9. The van der Waals surface area contributed by atoms with Gasteiger partial charge in [0.2, 0.25) is 0 Å². The van der Waals surface area contributed by atoms with Gasteiger partial charge < -0.3 is 24.0 Å². The highest BCUT2D eigenvalue weighted by atomic mass is 127. The molecule has 0 fully saturated rings. The van der Waals surface area contributed by atoms with E-state index in [1.165, 1.54) is 28.0 Å². The van der Waals surface area contributed by atoms with Crippen LogP contribution in [0.4, 0.5) is 5.69 Å². The Hall–Kier alpha value is -1.39. The molecular formula is C19H20IN. The van der Waals surface area contributed by atoms with Crippen LogP contribution in [0.3, 0.4) is 0 Å². The van der Waals surface area contributed by atoms with Gasteiger partial charge in [0.05, 0.1) is 21.1 Å². The van der Waals surface area contributed by atoms with Crippen molar-refractivity contribution in [1.82, 2.24) is 4.48 Å². The second kappa shape index (κ2) is 6.16. The third kappa shape index (κ3) is 3.44. The summed E-state index contributed by atoms with van der Waals surface area (Å²) in [6, 6.07) is 17.3. The van der Waals surface area contributed by atoms with Gasteiger partial charge in [-0.15, -0.1) is 0 Å². The van der Waals surface area contributed by atoms with Crippen LogP contribution in [0.2, 0.25) is 0 Å². The van der Waals surface area contributed by atoms with Crippen LogP contribution in [0.15, 0.2) is 54.6 Å². The van der Waals surface area contributed by atoms with Gasteiger partial charge in [0.25, 0.3) is 0 Å². The monoisotopic (exact) mass is 389 g/mol. The minimum atomic E-state index is 0. The van der Waals surface area contributed by atoms with Crippen LogP contribution >= 0.6 is 0 Å². The number of hydrogen-bond donors (Lipinski definition) is 0. The van der Waals surface area contributed by atoms with E-state index in [2.05, 4.69) is 87.9 Å². The molecule has 0 bridgehead atoms. The molecule has 2 aromatic rings. The Kier molecular flexibility index (Phi) is 4.69. The Morgan fingerprint density at radius 2 is 1.48 bits per heavy atom. The zero-order valence-corrected chi connectivity index (χ0v) is 14.8. The van der Waals surface area contributed by atoms with E-state index in [1.807, 2.05) is 0 Å². The molecule has 2 heteroatoms. The molecule has 1 aliphatic rings. The van der Waals surface area contributed by atoms with Crippen molar-refractivity contribution in [3.05, 3.63) is 71.3 Å². The number of quaternary nitrogens is 1. The first-order valence-corrected chi connectivity index (χ1v) is 6.95. The lowest BCUT2D eigenvalue weighted by molar-refractivity contribution is -0.00000411.